The summed E-state index contributed by atoms with van der Waals surface area (Å²) >= 11 is 0. The number of nitrogens with zero attached hydrogens (tertiary/aromatic N) is 1. The van der Waals surface area contributed by atoms with Crippen LogP contribution in [-0.2, 0) is 4.79 Å². The number of carbonyl (C=O) groups excluding carboxylic acids is 1. The molecule has 0 aromatic rings. The summed E-state index contributed by atoms with van der Waals surface area (Å²) in [7, 11) is 0. The minimum atomic E-state index is 0.138. The van der Waals surface area contributed by atoms with Crippen LogP contribution in [0.5, 0.6) is 0 Å². The highest BCUT2D eigenvalue weighted by atomic mass is 16.3. The SMILES string of the molecule is CC1CCCCC1NC(=O)CN(CCO)C1CCC1. The summed E-state index contributed by atoms with van der Waals surface area (Å²) in [5, 5.41) is 12.3. The predicted molar refractivity (Wildman–Crippen MR) is 75.9 cm³/mol. The van der Waals surface area contributed by atoms with Crippen molar-refractivity contribution in [2.24, 2.45) is 5.92 Å². The zero-order chi connectivity index (χ0) is 13.7. The Morgan fingerprint density at radius 1 is 1.21 bits per heavy atom. The number of amides is 1. The van der Waals surface area contributed by atoms with E-state index in [-0.39, 0.29) is 12.5 Å². The Bertz CT molecular complexity index is 292. The van der Waals surface area contributed by atoms with Crippen LogP contribution in [-0.4, -0.2) is 47.7 Å². The summed E-state index contributed by atoms with van der Waals surface area (Å²) in [4.78, 5) is 14.3. The van der Waals surface area contributed by atoms with Crippen LogP contribution in [0.1, 0.15) is 51.9 Å². The minimum absolute atomic E-state index is 0.138. The summed E-state index contributed by atoms with van der Waals surface area (Å²) in [5.74, 6) is 0.742. The third-order valence-corrected chi connectivity index (χ3v) is 4.78. The Morgan fingerprint density at radius 3 is 2.53 bits per heavy atom. The molecular weight excluding hydrogens is 240 g/mol. The third-order valence-electron chi connectivity index (χ3n) is 4.78. The molecule has 4 nitrogen and oxygen atoms in total. The first kappa shape index (κ1) is 14.8. The Morgan fingerprint density at radius 2 is 1.95 bits per heavy atom. The van der Waals surface area contributed by atoms with Crippen LogP contribution in [0.25, 0.3) is 0 Å². The van der Waals surface area contributed by atoms with Gasteiger partial charge in [0.05, 0.1) is 13.2 Å². The molecule has 0 saturated heterocycles. The van der Waals surface area contributed by atoms with Crippen LogP contribution in [0.4, 0.5) is 0 Å². The number of hydrogen-bond donors (Lipinski definition) is 2. The second-order valence-corrected chi connectivity index (χ2v) is 6.21. The second-order valence-electron chi connectivity index (χ2n) is 6.21. The molecule has 0 radical (unpaired) electrons. The number of hydrogen-bond acceptors (Lipinski definition) is 3. The molecule has 0 aromatic carbocycles. The van der Waals surface area contributed by atoms with E-state index in [2.05, 4.69) is 17.1 Å². The van der Waals surface area contributed by atoms with Gasteiger partial charge in [-0.25, -0.2) is 0 Å². The van der Waals surface area contributed by atoms with Gasteiger partial charge in [-0.15, -0.1) is 0 Å². The van der Waals surface area contributed by atoms with Crippen molar-refractivity contribution in [2.45, 2.75) is 64.0 Å². The van der Waals surface area contributed by atoms with Crippen LogP contribution in [0.3, 0.4) is 0 Å². The van der Waals surface area contributed by atoms with Crippen molar-refractivity contribution in [3.8, 4) is 0 Å². The molecule has 0 bridgehead atoms. The largest absolute Gasteiger partial charge is 0.395 e. The zero-order valence-electron chi connectivity index (χ0n) is 12.1. The molecule has 2 fully saturated rings. The number of carbonyl (C=O) groups is 1. The third kappa shape index (κ3) is 4.18. The summed E-state index contributed by atoms with van der Waals surface area (Å²) in [5.41, 5.74) is 0. The summed E-state index contributed by atoms with van der Waals surface area (Å²) in [6, 6.07) is 0.875. The van der Waals surface area contributed by atoms with Crippen molar-refractivity contribution in [3.63, 3.8) is 0 Å². The molecule has 110 valence electrons. The van der Waals surface area contributed by atoms with Gasteiger partial charge in [-0.2, -0.15) is 0 Å². The van der Waals surface area contributed by atoms with Crippen molar-refractivity contribution in [2.75, 3.05) is 19.7 Å². The Balaban J connectivity index is 1.77. The first-order valence-corrected chi connectivity index (χ1v) is 7.85. The van der Waals surface area contributed by atoms with Crippen molar-refractivity contribution in [3.05, 3.63) is 0 Å². The van der Waals surface area contributed by atoms with Gasteiger partial charge in [-0.05, 0) is 31.6 Å². The van der Waals surface area contributed by atoms with Gasteiger partial charge in [0.1, 0.15) is 0 Å². The molecule has 2 unspecified atom stereocenters. The first-order chi connectivity index (χ1) is 9.20. The topological polar surface area (TPSA) is 52.6 Å². The molecule has 2 saturated carbocycles. The number of aliphatic hydroxyl groups is 1. The van der Waals surface area contributed by atoms with E-state index in [1.807, 2.05) is 0 Å². The molecule has 0 aliphatic heterocycles. The van der Waals surface area contributed by atoms with Crippen molar-refractivity contribution >= 4 is 5.91 Å². The molecule has 0 spiro atoms. The predicted octanol–water partition coefficient (Wildman–Crippen LogP) is 1.53. The highest BCUT2D eigenvalue weighted by Crippen LogP contribution is 2.25. The molecule has 2 aliphatic rings. The van der Waals surface area contributed by atoms with E-state index < -0.39 is 0 Å². The Labute approximate surface area is 116 Å². The maximum atomic E-state index is 12.2. The maximum Gasteiger partial charge on any atom is 0.234 e. The molecule has 19 heavy (non-hydrogen) atoms. The van der Waals surface area contributed by atoms with E-state index >= 15 is 0 Å². The zero-order valence-corrected chi connectivity index (χ0v) is 12.1. The minimum Gasteiger partial charge on any atom is -0.395 e. The fourth-order valence-corrected chi connectivity index (χ4v) is 3.24. The summed E-state index contributed by atoms with van der Waals surface area (Å²) in [6.07, 6.45) is 8.49. The van der Waals surface area contributed by atoms with Gasteiger partial charge >= 0.3 is 0 Å². The lowest BCUT2D eigenvalue weighted by Crippen LogP contribution is -2.50. The Hall–Kier alpha value is -0.610. The lowest BCUT2D eigenvalue weighted by atomic mass is 9.86. The van der Waals surface area contributed by atoms with E-state index in [0.29, 0.717) is 31.1 Å². The summed E-state index contributed by atoms with van der Waals surface area (Å²) < 4.78 is 0. The van der Waals surface area contributed by atoms with E-state index in [4.69, 9.17) is 5.11 Å². The molecule has 0 aromatic heterocycles. The van der Waals surface area contributed by atoms with Gasteiger partial charge in [0.25, 0.3) is 0 Å². The van der Waals surface area contributed by atoms with Crippen molar-refractivity contribution in [1.29, 1.82) is 0 Å². The molecule has 2 N–H and O–H groups in total. The second kappa shape index (κ2) is 7.25. The normalized spacial score (nSPS) is 28.2. The van der Waals surface area contributed by atoms with E-state index in [0.717, 1.165) is 6.42 Å². The van der Waals surface area contributed by atoms with Crippen LogP contribution in [0.15, 0.2) is 0 Å². The molecule has 2 aliphatic carbocycles. The average Bonchev–Trinajstić information content (AvgIpc) is 2.30. The fourth-order valence-electron chi connectivity index (χ4n) is 3.24. The molecule has 1 amide bonds. The molecular formula is C15H28N2O2. The van der Waals surface area contributed by atoms with E-state index in [9.17, 15) is 4.79 Å². The molecule has 2 atom stereocenters. The van der Waals surface area contributed by atoms with E-state index in [1.54, 1.807) is 0 Å². The van der Waals surface area contributed by atoms with Crippen LogP contribution < -0.4 is 5.32 Å². The number of rotatable bonds is 6. The van der Waals surface area contributed by atoms with Crippen LogP contribution in [0, 0.1) is 5.92 Å². The molecule has 2 rings (SSSR count). The van der Waals surface area contributed by atoms with Gasteiger partial charge < -0.3 is 10.4 Å². The van der Waals surface area contributed by atoms with Gasteiger partial charge in [-0.3, -0.25) is 9.69 Å². The molecule has 0 heterocycles. The van der Waals surface area contributed by atoms with Crippen molar-refractivity contribution in [1.82, 2.24) is 10.2 Å². The van der Waals surface area contributed by atoms with Crippen LogP contribution in [0.2, 0.25) is 0 Å². The van der Waals surface area contributed by atoms with Crippen LogP contribution >= 0.6 is 0 Å². The first-order valence-electron chi connectivity index (χ1n) is 7.85. The quantitative estimate of drug-likeness (QED) is 0.768. The van der Waals surface area contributed by atoms with Gasteiger partial charge in [-0.1, -0.05) is 26.2 Å². The standard InChI is InChI=1S/C15H28N2O2/c1-12-5-2-3-8-14(12)16-15(19)11-17(9-10-18)13-6-4-7-13/h12-14,18H,2-11H2,1H3,(H,16,19). The van der Waals surface area contributed by atoms with Gasteiger partial charge in [0.15, 0.2) is 0 Å². The summed E-state index contributed by atoms with van der Waals surface area (Å²) in [6.45, 7) is 3.46. The van der Waals surface area contributed by atoms with Crippen molar-refractivity contribution < 1.29 is 9.90 Å². The average molecular weight is 268 g/mol. The number of aliphatic hydroxyl groups excluding tert-OH is 1. The lowest BCUT2D eigenvalue weighted by molar-refractivity contribution is -0.124. The Kier molecular flexibility index (Phi) is 5.64. The molecule has 4 heteroatoms. The number of nitrogens with one attached hydrogen (secondary N) is 1. The highest BCUT2D eigenvalue weighted by molar-refractivity contribution is 5.78. The monoisotopic (exact) mass is 268 g/mol. The fraction of sp³-hybridized carbons (Fsp3) is 0.933. The smallest absolute Gasteiger partial charge is 0.234 e. The lowest BCUT2D eigenvalue weighted by Gasteiger charge is -2.37. The van der Waals surface area contributed by atoms with Gasteiger partial charge in [0.2, 0.25) is 5.91 Å². The van der Waals surface area contributed by atoms with Gasteiger partial charge in [0, 0.05) is 18.6 Å². The highest BCUT2D eigenvalue weighted by Gasteiger charge is 2.28. The van der Waals surface area contributed by atoms with E-state index in [1.165, 1.54) is 38.5 Å². The maximum absolute atomic E-state index is 12.2.